The fourth-order valence-corrected chi connectivity index (χ4v) is 2.65. The maximum Gasteiger partial charge on any atom is 0.312 e. The van der Waals surface area contributed by atoms with Crippen LogP contribution in [0.1, 0.15) is 40.2 Å². The SMILES string of the molecule is CCn1nc(C)c(C(=O)NC[C@@H](C(=O)O)c2ccccc2)c1C. The number of amides is 1. The van der Waals surface area contributed by atoms with Gasteiger partial charge in [-0.1, -0.05) is 30.3 Å². The van der Waals surface area contributed by atoms with Crippen molar-refractivity contribution >= 4 is 11.9 Å². The molecule has 0 spiro atoms. The van der Waals surface area contributed by atoms with Gasteiger partial charge in [0.1, 0.15) is 0 Å². The highest BCUT2D eigenvalue weighted by Gasteiger charge is 2.23. The molecule has 2 rings (SSSR count). The number of hydrogen-bond acceptors (Lipinski definition) is 3. The van der Waals surface area contributed by atoms with E-state index in [4.69, 9.17) is 0 Å². The molecule has 2 N–H and O–H groups in total. The fraction of sp³-hybridized carbons (Fsp3) is 0.353. The maximum absolute atomic E-state index is 12.4. The normalized spacial score (nSPS) is 12.0. The Labute approximate surface area is 135 Å². The summed E-state index contributed by atoms with van der Waals surface area (Å²) in [6.07, 6.45) is 0. The number of hydrogen-bond donors (Lipinski definition) is 2. The second kappa shape index (κ2) is 7.09. The molecule has 1 amide bonds. The molecule has 2 aromatic rings. The lowest BCUT2D eigenvalue weighted by molar-refractivity contribution is -0.138. The number of carbonyl (C=O) groups excluding carboxylic acids is 1. The van der Waals surface area contributed by atoms with E-state index in [0.717, 1.165) is 5.69 Å². The predicted molar refractivity (Wildman–Crippen MR) is 86.5 cm³/mol. The molecule has 0 bridgehead atoms. The Morgan fingerprint density at radius 2 is 1.91 bits per heavy atom. The van der Waals surface area contributed by atoms with Crippen molar-refractivity contribution in [3.05, 3.63) is 52.8 Å². The average Bonchev–Trinajstić information content (AvgIpc) is 2.82. The van der Waals surface area contributed by atoms with Crippen molar-refractivity contribution in [2.45, 2.75) is 33.2 Å². The first-order valence-electron chi connectivity index (χ1n) is 7.55. The minimum absolute atomic E-state index is 0.0361. The molecule has 122 valence electrons. The first kappa shape index (κ1) is 16.7. The van der Waals surface area contributed by atoms with Gasteiger partial charge in [-0.05, 0) is 26.3 Å². The van der Waals surface area contributed by atoms with Gasteiger partial charge in [-0.2, -0.15) is 5.10 Å². The lowest BCUT2D eigenvalue weighted by atomic mass is 9.99. The Bertz CT molecular complexity index is 707. The number of aryl methyl sites for hydroxylation is 2. The third kappa shape index (κ3) is 3.59. The third-order valence-corrected chi connectivity index (χ3v) is 3.87. The highest BCUT2D eigenvalue weighted by molar-refractivity contribution is 5.96. The average molecular weight is 315 g/mol. The molecule has 0 fully saturated rings. The van der Waals surface area contributed by atoms with Crippen LogP contribution in [-0.2, 0) is 11.3 Å². The highest BCUT2D eigenvalue weighted by atomic mass is 16.4. The van der Waals surface area contributed by atoms with Crippen LogP contribution in [0.5, 0.6) is 0 Å². The van der Waals surface area contributed by atoms with Crippen LogP contribution in [0.4, 0.5) is 0 Å². The smallest absolute Gasteiger partial charge is 0.312 e. The summed E-state index contributed by atoms with van der Waals surface area (Å²) < 4.78 is 1.76. The Morgan fingerprint density at radius 3 is 2.43 bits per heavy atom. The predicted octanol–water partition coefficient (Wildman–Crippen LogP) is 2.12. The number of aliphatic carboxylic acids is 1. The number of aromatic nitrogens is 2. The molecule has 6 heteroatoms. The highest BCUT2D eigenvalue weighted by Crippen LogP contribution is 2.16. The Morgan fingerprint density at radius 1 is 1.26 bits per heavy atom. The molecule has 0 unspecified atom stereocenters. The van der Waals surface area contributed by atoms with E-state index in [1.54, 1.807) is 35.9 Å². The van der Waals surface area contributed by atoms with Gasteiger partial charge in [-0.15, -0.1) is 0 Å². The lowest BCUT2D eigenvalue weighted by Crippen LogP contribution is -2.32. The molecule has 0 saturated heterocycles. The standard InChI is InChI=1S/C17H21N3O3/c1-4-20-12(3)15(11(2)19-20)16(21)18-10-14(17(22)23)13-8-6-5-7-9-13/h5-9,14H,4,10H2,1-3H3,(H,18,21)(H,22,23)/t14-/m1/s1. The van der Waals surface area contributed by atoms with E-state index in [1.165, 1.54) is 0 Å². The van der Waals surface area contributed by atoms with Gasteiger partial charge in [0, 0.05) is 18.8 Å². The van der Waals surface area contributed by atoms with Crippen LogP contribution in [0.25, 0.3) is 0 Å². The van der Waals surface area contributed by atoms with Crippen LogP contribution in [-0.4, -0.2) is 33.3 Å². The molecule has 0 radical (unpaired) electrons. The van der Waals surface area contributed by atoms with Crippen molar-refractivity contribution in [2.24, 2.45) is 0 Å². The van der Waals surface area contributed by atoms with E-state index in [2.05, 4.69) is 10.4 Å². The zero-order chi connectivity index (χ0) is 17.0. The molecule has 0 aliphatic carbocycles. The van der Waals surface area contributed by atoms with Gasteiger partial charge < -0.3 is 10.4 Å². The summed E-state index contributed by atoms with van der Waals surface area (Å²) >= 11 is 0. The van der Waals surface area contributed by atoms with Crippen molar-refractivity contribution in [2.75, 3.05) is 6.54 Å². The second-order valence-electron chi connectivity index (χ2n) is 5.37. The first-order chi connectivity index (χ1) is 11.0. The van der Waals surface area contributed by atoms with Crippen LogP contribution in [0.2, 0.25) is 0 Å². The molecule has 0 saturated carbocycles. The molecule has 1 aromatic carbocycles. The first-order valence-corrected chi connectivity index (χ1v) is 7.55. The summed E-state index contributed by atoms with van der Waals surface area (Å²) in [5.41, 5.74) is 2.62. The zero-order valence-corrected chi connectivity index (χ0v) is 13.5. The zero-order valence-electron chi connectivity index (χ0n) is 13.5. The van der Waals surface area contributed by atoms with E-state index in [1.807, 2.05) is 19.9 Å². The van der Waals surface area contributed by atoms with E-state index >= 15 is 0 Å². The van der Waals surface area contributed by atoms with Gasteiger partial charge in [0.15, 0.2) is 0 Å². The van der Waals surface area contributed by atoms with Crippen LogP contribution in [0.15, 0.2) is 30.3 Å². The summed E-state index contributed by atoms with van der Waals surface area (Å²) in [6, 6.07) is 8.89. The van der Waals surface area contributed by atoms with Crippen molar-refractivity contribution in [3.8, 4) is 0 Å². The van der Waals surface area contributed by atoms with E-state index in [9.17, 15) is 14.7 Å². The molecule has 0 aliphatic heterocycles. The molecule has 1 heterocycles. The number of carbonyl (C=O) groups is 2. The summed E-state index contributed by atoms with van der Waals surface area (Å²) in [5, 5.41) is 16.4. The largest absolute Gasteiger partial charge is 0.481 e. The van der Waals surface area contributed by atoms with Crippen molar-refractivity contribution in [3.63, 3.8) is 0 Å². The number of rotatable bonds is 6. The molecular formula is C17H21N3O3. The van der Waals surface area contributed by atoms with Crippen molar-refractivity contribution in [1.82, 2.24) is 15.1 Å². The number of carboxylic acids is 1. The summed E-state index contributed by atoms with van der Waals surface area (Å²) in [6.45, 7) is 6.29. The fourth-order valence-electron chi connectivity index (χ4n) is 2.65. The molecule has 1 atom stereocenters. The number of benzene rings is 1. The van der Waals surface area contributed by atoms with E-state index < -0.39 is 11.9 Å². The third-order valence-electron chi connectivity index (χ3n) is 3.87. The van der Waals surface area contributed by atoms with E-state index in [0.29, 0.717) is 23.4 Å². The lowest BCUT2D eigenvalue weighted by Gasteiger charge is -2.14. The Hall–Kier alpha value is -2.63. The van der Waals surface area contributed by atoms with Crippen molar-refractivity contribution in [1.29, 1.82) is 0 Å². The molecule has 6 nitrogen and oxygen atoms in total. The summed E-state index contributed by atoms with van der Waals surface area (Å²) in [7, 11) is 0. The number of carboxylic acid groups (broad SMARTS) is 1. The number of nitrogens with zero attached hydrogens (tertiary/aromatic N) is 2. The Kier molecular flexibility index (Phi) is 5.16. The van der Waals surface area contributed by atoms with Crippen LogP contribution >= 0.6 is 0 Å². The molecule has 1 aromatic heterocycles. The van der Waals surface area contributed by atoms with Crippen LogP contribution in [0, 0.1) is 13.8 Å². The Balaban J connectivity index is 2.14. The number of nitrogens with one attached hydrogen (secondary N) is 1. The van der Waals surface area contributed by atoms with Crippen LogP contribution in [0.3, 0.4) is 0 Å². The summed E-state index contributed by atoms with van der Waals surface area (Å²) in [5.74, 6) is -2.03. The second-order valence-corrected chi connectivity index (χ2v) is 5.37. The monoisotopic (exact) mass is 315 g/mol. The summed E-state index contributed by atoms with van der Waals surface area (Å²) in [4.78, 5) is 23.9. The molecular weight excluding hydrogens is 294 g/mol. The van der Waals surface area contributed by atoms with Gasteiger partial charge in [0.2, 0.25) is 0 Å². The van der Waals surface area contributed by atoms with Gasteiger partial charge in [-0.3, -0.25) is 14.3 Å². The van der Waals surface area contributed by atoms with Gasteiger partial charge >= 0.3 is 5.97 Å². The maximum atomic E-state index is 12.4. The van der Waals surface area contributed by atoms with Gasteiger partial charge in [0.25, 0.3) is 5.91 Å². The van der Waals surface area contributed by atoms with Gasteiger partial charge in [0.05, 0.1) is 17.2 Å². The van der Waals surface area contributed by atoms with Gasteiger partial charge in [-0.25, -0.2) is 0 Å². The topological polar surface area (TPSA) is 84.2 Å². The molecule has 23 heavy (non-hydrogen) atoms. The van der Waals surface area contributed by atoms with Crippen molar-refractivity contribution < 1.29 is 14.7 Å². The van der Waals surface area contributed by atoms with E-state index in [-0.39, 0.29) is 12.5 Å². The molecule has 0 aliphatic rings. The van der Waals surface area contributed by atoms with Crippen LogP contribution < -0.4 is 5.32 Å². The quantitative estimate of drug-likeness (QED) is 0.855. The minimum Gasteiger partial charge on any atom is -0.481 e. The minimum atomic E-state index is -0.964.